The van der Waals surface area contributed by atoms with Crippen LogP contribution in [0, 0.1) is 6.92 Å². The lowest BCUT2D eigenvalue weighted by molar-refractivity contribution is 0.634. The Labute approximate surface area is 119 Å². The lowest BCUT2D eigenvalue weighted by atomic mass is 10.1. The van der Waals surface area contributed by atoms with Crippen molar-refractivity contribution < 1.29 is 0 Å². The van der Waals surface area contributed by atoms with Gasteiger partial charge in [-0.15, -0.1) is 11.6 Å². The van der Waals surface area contributed by atoms with E-state index >= 15 is 0 Å². The minimum absolute atomic E-state index is 0.383. The molecule has 0 atom stereocenters. The lowest BCUT2D eigenvalue weighted by Crippen LogP contribution is -2.28. The van der Waals surface area contributed by atoms with Crippen LogP contribution in [0.3, 0.4) is 0 Å². The van der Waals surface area contributed by atoms with E-state index in [2.05, 4.69) is 47.6 Å². The topological polar surface area (TPSA) is 16.1 Å². The molecule has 1 aliphatic heterocycles. The monoisotopic (exact) mass is 284 g/mol. The van der Waals surface area contributed by atoms with Crippen molar-refractivity contribution in [2.24, 2.45) is 0 Å². The smallest absolute Gasteiger partial charge is 0.129 e. The number of alkyl halides is 1. The molecular formula is C14H21ClN2S. The molecule has 0 spiro atoms. The third-order valence-electron chi connectivity index (χ3n) is 3.32. The minimum Gasteiger partial charge on any atom is -0.356 e. The number of halogens is 1. The molecule has 0 bridgehead atoms. The predicted molar refractivity (Wildman–Crippen MR) is 81.9 cm³/mol. The second-order valence-corrected chi connectivity index (χ2v) is 7.52. The molecule has 2 heterocycles. The molecule has 1 aromatic rings. The Morgan fingerprint density at radius 2 is 2.17 bits per heavy atom. The number of aryl methyl sites for hydroxylation is 1. The summed E-state index contributed by atoms with van der Waals surface area (Å²) in [7, 11) is 0. The highest BCUT2D eigenvalue weighted by Crippen LogP contribution is 2.32. The van der Waals surface area contributed by atoms with Gasteiger partial charge in [0.05, 0.1) is 0 Å². The lowest BCUT2D eigenvalue weighted by Gasteiger charge is -2.24. The second-order valence-electron chi connectivity index (χ2n) is 5.45. The molecule has 0 unspecified atom stereocenters. The molecule has 1 saturated heterocycles. The summed E-state index contributed by atoms with van der Waals surface area (Å²) in [5, 5.41) is 0. The molecule has 1 fully saturated rings. The van der Waals surface area contributed by atoms with Gasteiger partial charge in [0.25, 0.3) is 0 Å². The molecular weight excluding hydrogens is 264 g/mol. The van der Waals surface area contributed by atoms with Crippen molar-refractivity contribution in [2.45, 2.75) is 37.8 Å². The average molecular weight is 285 g/mol. The van der Waals surface area contributed by atoms with Crippen LogP contribution in [0.4, 0.5) is 5.82 Å². The third kappa shape index (κ3) is 3.55. The van der Waals surface area contributed by atoms with E-state index in [0.717, 1.165) is 30.2 Å². The SMILES string of the molecule is Cc1cc(CCl)cc(N2CCSC(C)(C)CC2)n1. The van der Waals surface area contributed by atoms with E-state index in [1.165, 1.54) is 12.2 Å². The number of hydrogen-bond donors (Lipinski definition) is 0. The number of nitrogens with zero attached hydrogens (tertiary/aromatic N) is 2. The second kappa shape index (κ2) is 5.70. The van der Waals surface area contributed by atoms with Gasteiger partial charge in [-0.05, 0) is 31.0 Å². The predicted octanol–water partition coefficient (Wildman–Crippen LogP) is 3.85. The number of aromatic nitrogens is 1. The van der Waals surface area contributed by atoms with E-state index in [1.807, 2.05) is 6.92 Å². The number of rotatable bonds is 2. The molecule has 18 heavy (non-hydrogen) atoms. The molecule has 0 N–H and O–H groups in total. The molecule has 100 valence electrons. The van der Waals surface area contributed by atoms with E-state index in [-0.39, 0.29) is 0 Å². The molecule has 0 amide bonds. The van der Waals surface area contributed by atoms with Crippen LogP contribution in [-0.2, 0) is 5.88 Å². The molecule has 0 aromatic carbocycles. The Kier molecular flexibility index (Phi) is 4.44. The maximum atomic E-state index is 5.94. The van der Waals surface area contributed by atoms with E-state index in [0.29, 0.717) is 10.6 Å². The number of thioether (sulfide) groups is 1. The summed E-state index contributed by atoms with van der Waals surface area (Å²) in [4.78, 5) is 7.05. The zero-order valence-corrected chi connectivity index (χ0v) is 12.9. The molecule has 0 radical (unpaired) electrons. The van der Waals surface area contributed by atoms with Crippen LogP contribution in [0.5, 0.6) is 0 Å². The van der Waals surface area contributed by atoms with Crippen molar-refractivity contribution >= 4 is 29.2 Å². The fourth-order valence-corrected chi connectivity index (χ4v) is 3.46. The molecule has 0 saturated carbocycles. The normalized spacial score (nSPS) is 19.7. The number of hydrogen-bond acceptors (Lipinski definition) is 3. The highest BCUT2D eigenvalue weighted by atomic mass is 35.5. The Morgan fingerprint density at radius 3 is 2.89 bits per heavy atom. The summed E-state index contributed by atoms with van der Waals surface area (Å²) in [6.07, 6.45) is 1.20. The van der Waals surface area contributed by atoms with E-state index in [1.54, 1.807) is 0 Å². The first kappa shape index (κ1) is 14.0. The van der Waals surface area contributed by atoms with Crippen molar-refractivity contribution in [1.82, 2.24) is 4.98 Å². The maximum absolute atomic E-state index is 5.94. The van der Waals surface area contributed by atoms with Crippen LogP contribution in [0.25, 0.3) is 0 Å². The van der Waals surface area contributed by atoms with Crippen molar-refractivity contribution in [3.8, 4) is 0 Å². The van der Waals surface area contributed by atoms with Crippen LogP contribution >= 0.6 is 23.4 Å². The van der Waals surface area contributed by atoms with Gasteiger partial charge < -0.3 is 4.90 Å². The molecule has 1 aromatic heterocycles. The van der Waals surface area contributed by atoms with Gasteiger partial charge in [-0.25, -0.2) is 4.98 Å². The zero-order valence-electron chi connectivity index (χ0n) is 11.4. The Morgan fingerprint density at radius 1 is 1.39 bits per heavy atom. The van der Waals surface area contributed by atoms with E-state index < -0.39 is 0 Å². The van der Waals surface area contributed by atoms with Gasteiger partial charge in [0.15, 0.2) is 0 Å². The standard InChI is InChI=1S/C14H21ClN2S/c1-11-8-12(10-15)9-13(16-11)17-5-4-14(2,3)18-7-6-17/h8-9H,4-7,10H2,1-3H3. The van der Waals surface area contributed by atoms with Crippen molar-refractivity contribution in [1.29, 1.82) is 0 Å². The van der Waals surface area contributed by atoms with Crippen molar-refractivity contribution in [3.63, 3.8) is 0 Å². The van der Waals surface area contributed by atoms with Gasteiger partial charge >= 0.3 is 0 Å². The van der Waals surface area contributed by atoms with Gasteiger partial charge in [0.2, 0.25) is 0 Å². The Bertz CT molecular complexity index is 420. The first-order valence-corrected chi connectivity index (χ1v) is 7.95. The first-order chi connectivity index (χ1) is 8.50. The van der Waals surface area contributed by atoms with Crippen LogP contribution in [0.15, 0.2) is 12.1 Å². The van der Waals surface area contributed by atoms with Gasteiger partial charge in [0.1, 0.15) is 5.82 Å². The molecule has 2 rings (SSSR count). The zero-order chi connectivity index (χ0) is 13.2. The minimum atomic E-state index is 0.383. The van der Waals surface area contributed by atoms with Gasteiger partial charge in [-0.2, -0.15) is 11.8 Å². The van der Waals surface area contributed by atoms with Crippen LogP contribution in [0.1, 0.15) is 31.5 Å². The van der Waals surface area contributed by atoms with E-state index in [9.17, 15) is 0 Å². The molecule has 0 aliphatic carbocycles. The molecule has 4 heteroatoms. The summed E-state index contributed by atoms with van der Waals surface area (Å²) >= 11 is 8.00. The third-order valence-corrected chi connectivity index (χ3v) is 5.00. The van der Waals surface area contributed by atoms with E-state index in [4.69, 9.17) is 11.6 Å². The summed E-state index contributed by atoms with van der Waals surface area (Å²) in [5.41, 5.74) is 2.22. The van der Waals surface area contributed by atoms with Crippen LogP contribution < -0.4 is 4.90 Å². The fraction of sp³-hybridized carbons (Fsp3) is 0.643. The Hall–Kier alpha value is -0.410. The number of anilines is 1. The summed E-state index contributed by atoms with van der Waals surface area (Å²) in [6, 6.07) is 4.19. The van der Waals surface area contributed by atoms with Gasteiger partial charge in [-0.1, -0.05) is 13.8 Å². The highest BCUT2D eigenvalue weighted by Gasteiger charge is 2.24. The van der Waals surface area contributed by atoms with Crippen LogP contribution in [0.2, 0.25) is 0 Å². The van der Waals surface area contributed by atoms with Gasteiger partial charge in [-0.3, -0.25) is 0 Å². The summed E-state index contributed by atoms with van der Waals surface area (Å²) in [6.45, 7) is 8.85. The van der Waals surface area contributed by atoms with Crippen LogP contribution in [-0.4, -0.2) is 28.6 Å². The molecule has 2 nitrogen and oxygen atoms in total. The average Bonchev–Trinajstić information content (AvgIpc) is 2.49. The maximum Gasteiger partial charge on any atom is 0.129 e. The van der Waals surface area contributed by atoms with Crippen molar-refractivity contribution in [2.75, 3.05) is 23.7 Å². The fourth-order valence-electron chi connectivity index (χ4n) is 2.21. The Balaban J connectivity index is 2.18. The quantitative estimate of drug-likeness (QED) is 0.768. The first-order valence-electron chi connectivity index (χ1n) is 6.43. The number of pyridine rings is 1. The summed E-state index contributed by atoms with van der Waals surface area (Å²) in [5.74, 6) is 2.81. The summed E-state index contributed by atoms with van der Waals surface area (Å²) < 4.78 is 0.383. The van der Waals surface area contributed by atoms with Gasteiger partial charge in [0, 0.05) is 35.2 Å². The van der Waals surface area contributed by atoms with Crippen molar-refractivity contribution in [3.05, 3.63) is 23.4 Å². The highest BCUT2D eigenvalue weighted by molar-refractivity contribution is 8.00. The molecule has 1 aliphatic rings. The largest absolute Gasteiger partial charge is 0.356 e.